The maximum Gasteiger partial charge on any atom is 0.415 e. The predicted octanol–water partition coefficient (Wildman–Crippen LogP) is 2.40. The number of alkyl halides is 6. The maximum atomic E-state index is 12.3. The van der Waals surface area contributed by atoms with Crippen molar-refractivity contribution in [2.24, 2.45) is 0 Å². The molecule has 0 saturated carbocycles. The van der Waals surface area contributed by atoms with Crippen LogP contribution >= 0.6 is 11.3 Å². The van der Waals surface area contributed by atoms with Crippen LogP contribution < -0.4 is 0 Å². The monoisotopic (exact) mass is 337 g/mol. The van der Waals surface area contributed by atoms with Crippen molar-refractivity contribution < 1.29 is 36.6 Å². The third kappa shape index (κ3) is 6.20. The lowest BCUT2D eigenvalue weighted by Gasteiger charge is -2.28. The Hall–Kier alpha value is -0.840. The highest BCUT2D eigenvalue weighted by atomic mass is 32.1. The molecule has 0 saturated heterocycles. The SMILES string of the molecule is OC(CN(Cc1cccs1)CC(O)C(F)(F)F)C(F)(F)F. The molecule has 1 heterocycles. The highest BCUT2D eigenvalue weighted by molar-refractivity contribution is 7.09. The molecule has 21 heavy (non-hydrogen) atoms. The molecule has 3 nitrogen and oxygen atoms in total. The Kier molecular flexibility index (Phi) is 6.02. The van der Waals surface area contributed by atoms with E-state index in [9.17, 15) is 26.3 Å². The van der Waals surface area contributed by atoms with Crippen LogP contribution in [0.5, 0.6) is 0 Å². The number of rotatable bonds is 6. The van der Waals surface area contributed by atoms with Crippen molar-refractivity contribution in [1.29, 1.82) is 0 Å². The Morgan fingerprint density at radius 2 is 1.48 bits per heavy atom. The van der Waals surface area contributed by atoms with Gasteiger partial charge in [0.25, 0.3) is 0 Å². The lowest BCUT2D eigenvalue weighted by Crippen LogP contribution is -2.46. The van der Waals surface area contributed by atoms with Crippen LogP contribution in [0.2, 0.25) is 0 Å². The van der Waals surface area contributed by atoms with Gasteiger partial charge in [-0.25, -0.2) is 0 Å². The molecule has 0 aliphatic heterocycles. The zero-order valence-electron chi connectivity index (χ0n) is 10.5. The molecule has 0 spiro atoms. The van der Waals surface area contributed by atoms with E-state index in [1.807, 2.05) is 0 Å². The Labute approximate surface area is 120 Å². The number of aliphatic hydroxyl groups excluding tert-OH is 2. The summed E-state index contributed by atoms with van der Waals surface area (Å²) in [5.41, 5.74) is 0. The highest BCUT2D eigenvalue weighted by Crippen LogP contribution is 2.25. The minimum atomic E-state index is -4.93. The number of halogens is 6. The second-order valence-corrected chi connectivity index (χ2v) is 5.42. The van der Waals surface area contributed by atoms with E-state index in [0.717, 1.165) is 16.2 Å². The van der Waals surface area contributed by atoms with E-state index in [-0.39, 0.29) is 6.54 Å². The van der Waals surface area contributed by atoms with Gasteiger partial charge in [0, 0.05) is 24.5 Å². The van der Waals surface area contributed by atoms with Gasteiger partial charge in [0.2, 0.25) is 0 Å². The van der Waals surface area contributed by atoms with E-state index >= 15 is 0 Å². The van der Waals surface area contributed by atoms with Crippen molar-refractivity contribution in [2.45, 2.75) is 31.1 Å². The van der Waals surface area contributed by atoms with Crippen LogP contribution in [0.25, 0.3) is 0 Å². The summed E-state index contributed by atoms with van der Waals surface area (Å²) in [6.07, 6.45) is -15.4. The summed E-state index contributed by atoms with van der Waals surface area (Å²) in [6, 6.07) is 3.14. The molecule has 0 aromatic carbocycles. The summed E-state index contributed by atoms with van der Waals surface area (Å²) in [5.74, 6) is 0. The fraction of sp³-hybridized carbons (Fsp3) is 0.636. The summed E-state index contributed by atoms with van der Waals surface area (Å²) in [7, 11) is 0. The molecule has 10 heteroatoms. The molecule has 0 fully saturated rings. The van der Waals surface area contributed by atoms with E-state index in [1.165, 1.54) is 6.07 Å². The van der Waals surface area contributed by atoms with Gasteiger partial charge in [0.05, 0.1) is 0 Å². The topological polar surface area (TPSA) is 43.7 Å². The third-order valence-electron chi connectivity index (χ3n) is 2.58. The van der Waals surface area contributed by atoms with E-state index < -0.39 is 37.7 Å². The average Bonchev–Trinajstić information content (AvgIpc) is 2.78. The minimum absolute atomic E-state index is 0.224. The van der Waals surface area contributed by atoms with Crippen molar-refractivity contribution in [3.05, 3.63) is 22.4 Å². The van der Waals surface area contributed by atoms with E-state index in [4.69, 9.17) is 10.2 Å². The first kappa shape index (κ1) is 18.2. The van der Waals surface area contributed by atoms with Gasteiger partial charge in [0.1, 0.15) is 0 Å². The van der Waals surface area contributed by atoms with Gasteiger partial charge in [-0.1, -0.05) is 6.07 Å². The number of hydrogen-bond donors (Lipinski definition) is 2. The lowest BCUT2D eigenvalue weighted by molar-refractivity contribution is -0.221. The maximum absolute atomic E-state index is 12.3. The van der Waals surface area contributed by atoms with Crippen molar-refractivity contribution in [3.8, 4) is 0 Å². The van der Waals surface area contributed by atoms with Crippen LogP contribution in [0.4, 0.5) is 26.3 Å². The first-order valence-corrected chi connectivity index (χ1v) is 6.62. The first-order chi connectivity index (χ1) is 9.50. The minimum Gasteiger partial charge on any atom is -0.382 e. The van der Waals surface area contributed by atoms with Gasteiger partial charge in [-0.3, -0.25) is 4.90 Å². The van der Waals surface area contributed by atoms with Gasteiger partial charge >= 0.3 is 12.4 Å². The molecule has 1 aromatic heterocycles. The van der Waals surface area contributed by atoms with Crippen molar-refractivity contribution >= 4 is 11.3 Å². The van der Waals surface area contributed by atoms with Gasteiger partial charge in [-0.2, -0.15) is 26.3 Å². The molecule has 2 atom stereocenters. The van der Waals surface area contributed by atoms with Gasteiger partial charge in [-0.15, -0.1) is 11.3 Å². The molecule has 2 unspecified atom stereocenters. The molecule has 122 valence electrons. The van der Waals surface area contributed by atoms with Crippen LogP contribution in [-0.2, 0) is 6.54 Å². The van der Waals surface area contributed by atoms with E-state index in [2.05, 4.69) is 0 Å². The summed E-state index contributed by atoms with van der Waals surface area (Å²) in [4.78, 5) is 1.25. The Morgan fingerprint density at radius 1 is 1.00 bits per heavy atom. The number of aliphatic hydroxyl groups is 2. The molecular formula is C11H13F6NO2S. The fourth-order valence-electron chi connectivity index (χ4n) is 1.52. The second kappa shape index (κ2) is 6.95. The van der Waals surface area contributed by atoms with Crippen LogP contribution in [-0.4, -0.2) is 52.8 Å². The standard InChI is InChI=1S/C11H13F6NO2S/c12-10(13,14)8(19)5-18(4-7-2-1-3-21-7)6-9(20)11(15,16)17/h1-3,8-9,19-20H,4-6H2. The van der Waals surface area contributed by atoms with E-state index in [1.54, 1.807) is 11.4 Å². The van der Waals surface area contributed by atoms with E-state index in [0.29, 0.717) is 4.88 Å². The second-order valence-electron chi connectivity index (χ2n) is 4.39. The molecule has 1 rings (SSSR count). The summed E-state index contributed by atoms with van der Waals surface area (Å²) in [5, 5.41) is 19.6. The molecule has 0 bridgehead atoms. The van der Waals surface area contributed by atoms with Crippen LogP contribution in [0.15, 0.2) is 17.5 Å². The van der Waals surface area contributed by atoms with Crippen LogP contribution in [0.1, 0.15) is 4.88 Å². The number of thiophene rings is 1. The number of hydrogen-bond acceptors (Lipinski definition) is 4. The first-order valence-electron chi connectivity index (χ1n) is 5.74. The molecule has 0 aliphatic carbocycles. The van der Waals surface area contributed by atoms with Crippen molar-refractivity contribution in [2.75, 3.05) is 13.1 Å². The summed E-state index contributed by atoms with van der Waals surface area (Å²) >= 11 is 1.15. The molecule has 2 N–H and O–H groups in total. The fourth-order valence-corrected chi connectivity index (χ4v) is 2.27. The molecule has 0 aliphatic rings. The molecule has 1 aromatic rings. The molecular weight excluding hydrogens is 324 g/mol. The highest BCUT2D eigenvalue weighted by Gasteiger charge is 2.42. The predicted molar refractivity (Wildman–Crippen MR) is 63.7 cm³/mol. The molecule has 0 amide bonds. The quantitative estimate of drug-likeness (QED) is 0.784. The zero-order valence-corrected chi connectivity index (χ0v) is 11.3. The Balaban J connectivity index is 2.75. The van der Waals surface area contributed by atoms with Gasteiger partial charge in [-0.05, 0) is 11.4 Å². The van der Waals surface area contributed by atoms with Gasteiger partial charge in [0.15, 0.2) is 12.2 Å². The summed E-state index contributed by atoms with van der Waals surface area (Å²) in [6.45, 7) is -2.32. The lowest BCUT2D eigenvalue weighted by atomic mass is 10.2. The molecule has 0 radical (unpaired) electrons. The third-order valence-corrected chi connectivity index (χ3v) is 3.44. The number of nitrogens with zero attached hydrogens (tertiary/aromatic N) is 1. The van der Waals surface area contributed by atoms with Crippen molar-refractivity contribution in [1.82, 2.24) is 4.90 Å². The zero-order chi connectivity index (χ0) is 16.3. The normalized spacial score (nSPS) is 16.2. The Bertz CT molecular complexity index is 397. The Morgan fingerprint density at radius 3 is 1.81 bits per heavy atom. The largest absolute Gasteiger partial charge is 0.415 e. The average molecular weight is 337 g/mol. The van der Waals surface area contributed by atoms with Crippen LogP contribution in [0, 0.1) is 0 Å². The van der Waals surface area contributed by atoms with Crippen molar-refractivity contribution in [3.63, 3.8) is 0 Å². The van der Waals surface area contributed by atoms with Crippen LogP contribution in [0.3, 0.4) is 0 Å². The van der Waals surface area contributed by atoms with Gasteiger partial charge < -0.3 is 10.2 Å². The smallest absolute Gasteiger partial charge is 0.382 e. The summed E-state index contributed by atoms with van der Waals surface area (Å²) < 4.78 is 73.8.